The van der Waals surface area contributed by atoms with Crippen molar-refractivity contribution in [3.8, 4) is 0 Å². The second-order valence-electron chi connectivity index (χ2n) is 10.9. The number of hydrogen-bond acceptors (Lipinski definition) is 4. The first-order valence-electron chi connectivity index (χ1n) is 11.9. The van der Waals surface area contributed by atoms with E-state index in [1.54, 1.807) is 0 Å². The predicted molar refractivity (Wildman–Crippen MR) is 124 cm³/mol. The number of imide groups is 1. The van der Waals surface area contributed by atoms with Crippen molar-refractivity contribution < 1.29 is 9.59 Å². The first kappa shape index (κ1) is 22.1. The van der Waals surface area contributed by atoms with Gasteiger partial charge in [0.25, 0.3) is 5.91 Å². The Bertz CT molecular complexity index is 817. The average Bonchev–Trinajstić information content (AvgIpc) is 3.32. The number of hydrogen-bond donors (Lipinski definition) is 1. The summed E-state index contributed by atoms with van der Waals surface area (Å²) in [7, 11) is 1.99. The van der Waals surface area contributed by atoms with E-state index >= 15 is 0 Å². The van der Waals surface area contributed by atoms with Crippen LogP contribution in [0.25, 0.3) is 0 Å². The molecule has 1 aliphatic carbocycles. The molecule has 3 fully saturated rings. The summed E-state index contributed by atoms with van der Waals surface area (Å²) in [4.78, 5) is 32.0. The standard InChI is InChI=1S/C25H38N4O2/c1-24(2,3)20-11-13-25(14-12-20)22(30)29(23(31)26-25)18-27(4)17-19-9-5-6-10-21(19)28-15-7-8-16-28/h5-6,9-10,20H,7-8,11-18H2,1-4H3,(H,26,31). The Labute approximate surface area is 187 Å². The fourth-order valence-corrected chi connectivity index (χ4v) is 5.61. The van der Waals surface area contributed by atoms with Crippen molar-refractivity contribution in [1.82, 2.24) is 15.1 Å². The molecule has 1 aromatic carbocycles. The van der Waals surface area contributed by atoms with Crippen molar-refractivity contribution in [2.24, 2.45) is 11.3 Å². The lowest BCUT2D eigenvalue weighted by atomic mass is 9.67. The van der Waals surface area contributed by atoms with E-state index in [1.807, 2.05) is 7.05 Å². The third kappa shape index (κ3) is 4.45. The van der Waals surface area contributed by atoms with Crippen LogP contribution in [-0.2, 0) is 11.3 Å². The highest BCUT2D eigenvalue weighted by atomic mass is 16.2. The molecule has 1 spiro atoms. The molecule has 4 rings (SSSR count). The Morgan fingerprint density at radius 3 is 2.39 bits per heavy atom. The molecule has 0 atom stereocenters. The normalized spacial score (nSPS) is 26.9. The van der Waals surface area contributed by atoms with E-state index in [-0.39, 0.29) is 17.4 Å². The van der Waals surface area contributed by atoms with Crippen LogP contribution in [0.4, 0.5) is 10.5 Å². The zero-order chi connectivity index (χ0) is 22.2. The van der Waals surface area contributed by atoms with Crippen molar-refractivity contribution in [3.63, 3.8) is 0 Å². The van der Waals surface area contributed by atoms with E-state index in [0.29, 0.717) is 19.1 Å². The molecule has 0 aromatic heterocycles. The van der Waals surface area contributed by atoms with E-state index < -0.39 is 5.54 Å². The number of carbonyl (C=O) groups excluding carboxylic acids is 2. The van der Waals surface area contributed by atoms with E-state index in [0.717, 1.165) is 38.8 Å². The lowest BCUT2D eigenvalue weighted by Gasteiger charge is -2.40. The molecule has 3 aliphatic rings. The summed E-state index contributed by atoms with van der Waals surface area (Å²) >= 11 is 0. The topological polar surface area (TPSA) is 55.9 Å². The van der Waals surface area contributed by atoms with Gasteiger partial charge in [0.1, 0.15) is 5.54 Å². The highest BCUT2D eigenvalue weighted by Gasteiger charge is 2.53. The van der Waals surface area contributed by atoms with Crippen molar-refractivity contribution >= 4 is 17.6 Å². The van der Waals surface area contributed by atoms with Crippen molar-refractivity contribution in [3.05, 3.63) is 29.8 Å². The predicted octanol–water partition coefficient (Wildman–Crippen LogP) is 4.20. The summed E-state index contributed by atoms with van der Waals surface area (Å²) in [6.45, 7) is 10.0. The van der Waals surface area contributed by atoms with Gasteiger partial charge in [-0.1, -0.05) is 39.0 Å². The summed E-state index contributed by atoms with van der Waals surface area (Å²) in [5, 5.41) is 3.07. The van der Waals surface area contributed by atoms with Crippen molar-refractivity contribution in [2.45, 2.75) is 71.4 Å². The molecule has 2 saturated heterocycles. The van der Waals surface area contributed by atoms with Crippen LogP contribution in [0, 0.1) is 11.3 Å². The molecule has 6 nitrogen and oxygen atoms in total. The second kappa shape index (κ2) is 8.45. The molecule has 31 heavy (non-hydrogen) atoms. The summed E-state index contributed by atoms with van der Waals surface area (Å²) < 4.78 is 0. The zero-order valence-corrected chi connectivity index (χ0v) is 19.6. The maximum atomic E-state index is 13.3. The Kier molecular flexibility index (Phi) is 6.03. The molecule has 0 bridgehead atoms. The fraction of sp³-hybridized carbons (Fsp3) is 0.680. The van der Waals surface area contributed by atoms with Gasteiger partial charge < -0.3 is 10.2 Å². The van der Waals surface area contributed by atoms with Gasteiger partial charge in [0.05, 0.1) is 6.67 Å². The van der Waals surface area contributed by atoms with E-state index in [2.05, 4.69) is 60.2 Å². The Morgan fingerprint density at radius 1 is 1.10 bits per heavy atom. The number of urea groups is 1. The molecule has 6 heteroatoms. The minimum absolute atomic E-state index is 0.0375. The van der Waals surface area contributed by atoms with Crippen LogP contribution < -0.4 is 10.2 Å². The first-order valence-corrected chi connectivity index (χ1v) is 11.9. The maximum Gasteiger partial charge on any atom is 0.326 e. The SMILES string of the molecule is CN(Cc1ccccc1N1CCCC1)CN1C(=O)NC2(CCC(C(C)(C)C)CC2)C1=O. The van der Waals surface area contributed by atoms with Crippen LogP contribution in [0.2, 0.25) is 0 Å². The molecule has 2 aliphatic heterocycles. The number of nitrogens with one attached hydrogen (secondary N) is 1. The largest absolute Gasteiger partial charge is 0.371 e. The van der Waals surface area contributed by atoms with Crippen molar-refractivity contribution in [2.75, 3.05) is 31.7 Å². The lowest BCUT2D eigenvalue weighted by Crippen LogP contribution is -2.51. The fourth-order valence-electron chi connectivity index (χ4n) is 5.61. The van der Waals surface area contributed by atoms with Crippen LogP contribution in [0.1, 0.15) is 64.9 Å². The van der Waals surface area contributed by atoms with Crippen LogP contribution in [0.15, 0.2) is 24.3 Å². The number of nitrogens with zero attached hydrogens (tertiary/aromatic N) is 3. The molecule has 0 unspecified atom stereocenters. The molecule has 0 radical (unpaired) electrons. The van der Waals surface area contributed by atoms with Crippen LogP contribution in [0.3, 0.4) is 0 Å². The number of benzene rings is 1. The summed E-state index contributed by atoms with van der Waals surface area (Å²) in [5.74, 6) is 0.561. The third-order valence-electron chi connectivity index (χ3n) is 7.57. The maximum absolute atomic E-state index is 13.3. The first-order chi connectivity index (χ1) is 14.7. The van der Waals surface area contributed by atoms with E-state index in [9.17, 15) is 9.59 Å². The van der Waals surface area contributed by atoms with Gasteiger partial charge in [-0.25, -0.2) is 9.69 Å². The van der Waals surface area contributed by atoms with E-state index in [1.165, 1.54) is 29.0 Å². The van der Waals surface area contributed by atoms with Crippen LogP contribution in [-0.4, -0.2) is 54.1 Å². The van der Waals surface area contributed by atoms with Gasteiger partial charge in [0.15, 0.2) is 0 Å². The Balaban J connectivity index is 1.40. The molecule has 170 valence electrons. The van der Waals surface area contributed by atoms with Gasteiger partial charge in [-0.3, -0.25) is 9.69 Å². The molecular formula is C25H38N4O2. The molecule has 1 saturated carbocycles. The van der Waals surface area contributed by atoms with Gasteiger partial charge in [0.2, 0.25) is 0 Å². The minimum atomic E-state index is -0.687. The summed E-state index contributed by atoms with van der Waals surface area (Å²) in [6, 6.07) is 8.26. The number of carbonyl (C=O) groups is 2. The minimum Gasteiger partial charge on any atom is -0.371 e. The molecular weight excluding hydrogens is 388 g/mol. The number of amides is 3. The second-order valence-corrected chi connectivity index (χ2v) is 10.9. The molecule has 2 heterocycles. The molecule has 1 N–H and O–H groups in total. The lowest BCUT2D eigenvalue weighted by molar-refractivity contribution is -0.134. The number of para-hydroxylation sites is 1. The quantitative estimate of drug-likeness (QED) is 0.717. The van der Waals surface area contributed by atoms with Gasteiger partial charge >= 0.3 is 6.03 Å². The summed E-state index contributed by atoms with van der Waals surface area (Å²) in [6.07, 6.45) is 5.95. The number of anilines is 1. The highest BCUT2D eigenvalue weighted by molar-refractivity contribution is 6.07. The Morgan fingerprint density at radius 2 is 1.74 bits per heavy atom. The van der Waals surface area contributed by atoms with Crippen LogP contribution >= 0.6 is 0 Å². The highest BCUT2D eigenvalue weighted by Crippen LogP contribution is 2.43. The van der Waals surface area contributed by atoms with Gasteiger partial charge in [-0.2, -0.15) is 0 Å². The smallest absolute Gasteiger partial charge is 0.326 e. The van der Waals surface area contributed by atoms with E-state index in [4.69, 9.17) is 0 Å². The molecule has 3 amide bonds. The summed E-state index contributed by atoms with van der Waals surface area (Å²) in [5.41, 5.74) is 2.09. The average molecular weight is 427 g/mol. The van der Waals surface area contributed by atoms with Gasteiger partial charge in [-0.05, 0) is 68.5 Å². The van der Waals surface area contributed by atoms with Crippen LogP contribution in [0.5, 0.6) is 0 Å². The third-order valence-corrected chi connectivity index (χ3v) is 7.57. The van der Waals surface area contributed by atoms with Gasteiger partial charge in [0, 0.05) is 25.3 Å². The molecule has 1 aromatic rings. The van der Waals surface area contributed by atoms with Crippen molar-refractivity contribution in [1.29, 1.82) is 0 Å². The monoisotopic (exact) mass is 426 g/mol. The van der Waals surface area contributed by atoms with Gasteiger partial charge in [-0.15, -0.1) is 0 Å². The number of rotatable bonds is 5. The Hall–Kier alpha value is -2.08. The zero-order valence-electron chi connectivity index (χ0n) is 19.6.